The number of rotatable bonds is 5. The van der Waals surface area contributed by atoms with Gasteiger partial charge in [0, 0.05) is 29.2 Å². The predicted octanol–water partition coefficient (Wildman–Crippen LogP) is 3.92. The zero-order chi connectivity index (χ0) is 27.9. The number of fused-ring (bicyclic) bond motifs is 2. The first-order valence-electron chi connectivity index (χ1n) is 12.7. The minimum Gasteiger partial charge on any atom is -0.348 e. The Morgan fingerprint density at radius 1 is 1.23 bits per heavy atom. The number of thiophene rings is 1. The number of aryl methyl sites for hydroxylation is 1. The van der Waals surface area contributed by atoms with Crippen molar-refractivity contribution in [1.82, 2.24) is 25.5 Å². The number of hydrogen-bond acceptors (Lipinski definition) is 7. The van der Waals surface area contributed by atoms with Crippen LogP contribution < -0.4 is 10.6 Å². The second-order valence-electron chi connectivity index (χ2n) is 11.0. The number of pyridine rings is 2. The zero-order valence-corrected chi connectivity index (χ0v) is 22.3. The van der Waals surface area contributed by atoms with E-state index < -0.39 is 17.8 Å². The fourth-order valence-electron chi connectivity index (χ4n) is 5.90. The van der Waals surface area contributed by atoms with Crippen LogP contribution in [-0.4, -0.2) is 51.7 Å². The minimum atomic E-state index is -4.71. The van der Waals surface area contributed by atoms with E-state index in [0.717, 1.165) is 19.0 Å². The van der Waals surface area contributed by atoms with E-state index in [4.69, 9.17) is 0 Å². The van der Waals surface area contributed by atoms with Crippen LogP contribution in [0.15, 0.2) is 24.4 Å². The number of carbonyl (C=O) groups is 3. The van der Waals surface area contributed by atoms with Crippen molar-refractivity contribution in [2.45, 2.75) is 46.0 Å². The Hall–Kier alpha value is -3.38. The lowest BCUT2D eigenvalue weighted by Gasteiger charge is -2.19. The number of hydrogen-bond donors (Lipinski definition) is 2. The molecule has 0 spiro atoms. The van der Waals surface area contributed by atoms with Gasteiger partial charge in [-0.25, -0.2) is 4.98 Å². The lowest BCUT2D eigenvalue weighted by molar-refractivity contribution is -0.144. The van der Waals surface area contributed by atoms with Gasteiger partial charge in [-0.05, 0) is 49.1 Å². The molecule has 5 heterocycles. The van der Waals surface area contributed by atoms with Crippen molar-refractivity contribution in [2.24, 2.45) is 17.3 Å². The molecule has 39 heavy (non-hydrogen) atoms. The summed E-state index contributed by atoms with van der Waals surface area (Å²) in [6.07, 6.45) is -2.53. The molecule has 0 bridgehead atoms. The highest BCUT2D eigenvalue weighted by Gasteiger charge is 2.72. The molecule has 1 aliphatic carbocycles. The highest BCUT2D eigenvalue weighted by atomic mass is 32.1. The molecule has 2 N–H and O–H groups in total. The SMILES string of the molecule is Cc1cc(C(F)(F)F)nc(-c2ccnc3cc(CN4C(=O)C5C(C4=O)C5(C)C)sc23)c1C(=O)N[C@H]1CCNC1. The zero-order valence-electron chi connectivity index (χ0n) is 21.5. The molecular weight excluding hydrogens is 531 g/mol. The smallest absolute Gasteiger partial charge is 0.348 e. The summed E-state index contributed by atoms with van der Waals surface area (Å²) in [5.41, 5.74) is -0.437. The summed E-state index contributed by atoms with van der Waals surface area (Å²) in [4.78, 5) is 49.3. The summed E-state index contributed by atoms with van der Waals surface area (Å²) in [6, 6.07) is 4.02. The van der Waals surface area contributed by atoms with E-state index in [-0.39, 0.29) is 58.5 Å². The lowest BCUT2D eigenvalue weighted by Crippen LogP contribution is -2.37. The predicted molar refractivity (Wildman–Crippen MR) is 138 cm³/mol. The minimum absolute atomic E-state index is 0.0677. The Labute approximate surface area is 226 Å². The largest absolute Gasteiger partial charge is 0.433 e. The molecule has 12 heteroatoms. The van der Waals surface area contributed by atoms with Gasteiger partial charge in [0.1, 0.15) is 5.69 Å². The number of alkyl halides is 3. The van der Waals surface area contributed by atoms with Gasteiger partial charge in [0.25, 0.3) is 5.91 Å². The van der Waals surface area contributed by atoms with E-state index in [2.05, 4.69) is 20.6 Å². The molecule has 204 valence electrons. The van der Waals surface area contributed by atoms with Crippen LogP contribution in [0.4, 0.5) is 13.2 Å². The highest BCUT2D eigenvalue weighted by molar-refractivity contribution is 7.19. The van der Waals surface area contributed by atoms with Crippen molar-refractivity contribution in [2.75, 3.05) is 13.1 Å². The van der Waals surface area contributed by atoms with E-state index in [0.29, 0.717) is 27.2 Å². The third-order valence-electron chi connectivity index (χ3n) is 8.05. The molecule has 0 radical (unpaired) electrons. The van der Waals surface area contributed by atoms with Gasteiger partial charge in [0.05, 0.1) is 39.9 Å². The van der Waals surface area contributed by atoms with Gasteiger partial charge < -0.3 is 10.6 Å². The molecule has 2 aliphatic heterocycles. The van der Waals surface area contributed by atoms with Gasteiger partial charge in [-0.1, -0.05) is 13.8 Å². The summed E-state index contributed by atoms with van der Waals surface area (Å²) in [5, 5.41) is 6.07. The first-order valence-corrected chi connectivity index (χ1v) is 13.5. The second-order valence-corrected chi connectivity index (χ2v) is 12.2. The maximum absolute atomic E-state index is 13.8. The van der Waals surface area contributed by atoms with E-state index in [9.17, 15) is 27.6 Å². The van der Waals surface area contributed by atoms with E-state index in [1.807, 2.05) is 13.8 Å². The van der Waals surface area contributed by atoms with Gasteiger partial charge in [-0.2, -0.15) is 13.2 Å². The molecule has 3 amide bonds. The average Bonchev–Trinajstić information content (AvgIpc) is 3.30. The summed E-state index contributed by atoms with van der Waals surface area (Å²) in [5.74, 6) is -1.50. The average molecular weight is 558 g/mol. The molecule has 2 unspecified atom stereocenters. The monoisotopic (exact) mass is 557 g/mol. The number of nitrogens with one attached hydrogen (secondary N) is 2. The lowest BCUT2D eigenvalue weighted by atomic mass is 9.99. The number of likely N-dealkylation sites (tertiary alicyclic amines) is 1. The molecule has 1 saturated carbocycles. The van der Waals surface area contributed by atoms with Crippen molar-refractivity contribution in [3.05, 3.63) is 46.1 Å². The van der Waals surface area contributed by atoms with Gasteiger partial charge in [0.15, 0.2) is 0 Å². The number of aromatic nitrogens is 2. The quantitative estimate of drug-likeness (QED) is 0.461. The number of piperidine rings is 1. The molecule has 3 aliphatic rings. The number of nitrogens with zero attached hydrogens (tertiary/aromatic N) is 3. The summed E-state index contributed by atoms with van der Waals surface area (Å²) in [6.45, 7) is 6.68. The van der Waals surface area contributed by atoms with E-state index in [1.165, 1.54) is 29.4 Å². The Morgan fingerprint density at radius 3 is 2.59 bits per heavy atom. The van der Waals surface area contributed by atoms with Gasteiger partial charge in [-0.15, -0.1) is 11.3 Å². The van der Waals surface area contributed by atoms with Gasteiger partial charge in [-0.3, -0.25) is 24.3 Å². The van der Waals surface area contributed by atoms with Crippen LogP contribution in [0, 0.1) is 24.2 Å². The molecule has 2 saturated heterocycles. The van der Waals surface area contributed by atoms with Crippen LogP contribution in [0.25, 0.3) is 21.5 Å². The van der Waals surface area contributed by atoms with Crippen molar-refractivity contribution in [1.29, 1.82) is 0 Å². The van der Waals surface area contributed by atoms with Crippen LogP contribution in [0.5, 0.6) is 0 Å². The Balaban J connectivity index is 1.41. The van der Waals surface area contributed by atoms with Gasteiger partial charge in [0.2, 0.25) is 11.8 Å². The molecule has 3 fully saturated rings. The maximum atomic E-state index is 13.8. The van der Waals surface area contributed by atoms with Crippen molar-refractivity contribution >= 4 is 39.3 Å². The normalized spacial score (nSPS) is 23.9. The topological polar surface area (TPSA) is 104 Å². The summed E-state index contributed by atoms with van der Waals surface area (Å²) >= 11 is 1.23. The molecule has 3 atom stereocenters. The van der Waals surface area contributed by atoms with Crippen molar-refractivity contribution in [3.63, 3.8) is 0 Å². The van der Waals surface area contributed by atoms with Crippen LogP contribution in [-0.2, 0) is 22.3 Å². The fourth-order valence-corrected chi connectivity index (χ4v) is 7.02. The van der Waals surface area contributed by atoms with Crippen LogP contribution in [0.3, 0.4) is 0 Å². The van der Waals surface area contributed by atoms with Gasteiger partial charge >= 0.3 is 6.18 Å². The summed E-state index contributed by atoms with van der Waals surface area (Å²) < 4.78 is 41.9. The second kappa shape index (κ2) is 8.82. The molecule has 3 aromatic heterocycles. The third-order valence-corrected chi connectivity index (χ3v) is 9.20. The summed E-state index contributed by atoms with van der Waals surface area (Å²) in [7, 11) is 0. The Morgan fingerprint density at radius 2 is 1.95 bits per heavy atom. The molecular formula is C27H26F3N5O3S. The number of amides is 3. The Kier molecular flexibility index (Phi) is 5.85. The number of carbonyl (C=O) groups excluding carboxylic acids is 3. The van der Waals surface area contributed by atoms with Crippen molar-refractivity contribution < 1.29 is 27.6 Å². The number of halogens is 3. The van der Waals surface area contributed by atoms with Crippen LogP contribution >= 0.6 is 11.3 Å². The fraction of sp³-hybridized carbons (Fsp3) is 0.444. The first kappa shape index (κ1) is 25.9. The van der Waals surface area contributed by atoms with E-state index >= 15 is 0 Å². The molecule has 8 nitrogen and oxygen atoms in total. The Bertz CT molecular complexity index is 1520. The van der Waals surface area contributed by atoms with Crippen molar-refractivity contribution in [3.8, 4) is 11.3 Å². The first-order chi connectivity index (χ1) is 18.4. The maximum Gasteiger partial charge on any atom is 0.433 e. The van der Waals surface area contributed by atoms with E-state index in [1.54, 1.807) is 12.1 Å². The molecule has 3 aromatic rings. The number of imide groups is 1. The third kappa shape index (κ3) is 4.20. The molecule has 0 aromatic carbocycles. The molecule has 6 rings (SSSR count). The highest BCUT2D eigenvalue weighted by Crippen LogP contribution is 2.63. The standard InChI is InChI=1S/C27H26F3N5O3S/c1-12-8-17(27(28,29)30)34-21(18(12)23(36)33-13-4-6-31-10-13)15-5-7-32-16-9-14(39-22(15)16)11-35-24(37)19-20(25(35)38)26(19,2)3/h5,7-9,13,19-20,31H,4,6,10-11H2,1-3H3,(H,33,36)/t13-,19?,20?/m0/s1. The van der Waals surface area contributed by atoms with Crippen LogP contribution in [0.1, 0.15) is 46.8 Å². The van der Waals surface area contributed by atoms with Crippen LogP contribution in [0.2, 0.25) is 0 Å².